The molecule has 0 unspecified atom stereocenters. The van der Waals surface area contributed by atoms with Gasteiger partial charge in [0.15, 0.2) is 0 Å². The van der Waals surface area contributed by atoms with Crippen molar-refractivity contribution in [3.05, 3.63) is 83.0 Å². The molecule has 8 nitrogen and oxygen atoms in total. The molecular weight excluding hydrogens is 440 g/mol. The molecule has 1 aromatic carbocycles. The van der Waals surface area contributed by atoms with Gasteiger partial charge in [0.1, 0.15) is 29.7 Å². The smallest absolute Gasteiger partial charge is 0.413 e. The summed E-state index contributed by atoms with van der Waals surface area (Å²) in [6, 6.07) is 13.1. The molecule has 1 saturated carbocycles. The van der Waals surface area contributed by atoms with E-state index in [2.05, 4.69) is 48.3 Å². The molecule has 1 atom stereocenters. The van der Waals surface area contributed by atoms with E-state index in [1.54, 1.807) is 25.1 Å². The van der Waals surface area contributed by atoms with Crippen LogP contribution in [0.3, 0.4) is 0 Å². The number of fused-ring (bicyclic) bond motifs is 1. The number of rotatable bonds is 7. The van der Waals surface area contributed by atoms with Gasteiger partial charge in [-0.05, 0) is 55.0 Å². The molecule has 5 rings (SSSR count). The van der Waals surface area contributed by atoms with E-state index in [1.807, 2.05) is 18.3 Å². The van der Waals surface area contributed by atoms with Gasteiger partial charge in [-0.15, -0.1) is 0 Å². The lowest BCUT2D eigenvalue weighted by Crippen LogP contribution is -2.17. The van der Waals surface area contributed by atoms with Crippen molar-refractivity contribution in [3.8, 4) is 0 Å². The monoisotopic (exact) mass is 462 g/mol. The average molecular weight is 463 g/mol. The van der Waals surface area contributed by atoms with Crippen molar-refractivity contribution in [3.63, 3.8) is 0 Å². The number of benzene rings is 1. The molecule has 0 radical (unpaired) electrons. The topological polar surface area (TPSA) is 93.4 Å². The van der Waals surface area contributed by atoms with Crippen LogP contribution in [0.25, 0.3) is 5.65 Å². The first-order chi connectivity index (χ1) is 16.0. The maximum Gasteiger partial charge on any atom is 0.413 e. The van der Waals surface area contributed by atoms with Crippen LogP contribution in [-0.2, 0) is 11.3 Å². The number of nitrogens with zero attached hydrogens (tertiary/aromatic N) is 4. The molecule has 2 N–H and O–H groups in total. The van der Waals surface area contributed by atoms with Crippen LogP contribution in [0.4, 0.5) is 16.4 Å². The Balaban J connectivity index is 1.18. The van der Waals surface area contributed by atoms with Gasteiger partial charge in [0, 0.05) is 23.5 Å². The fourth-order valence-electron chi connectivity index (χ4n) is 3.63. The summed E-state index contributed by atoms with van der Waals surface area (Å²) >= 11 is 6.01. The van der Waals surface area contributed by atoms with Gasteiger partial charge < -0.3 is 14.5 Å². The zero-order valence-electron chi connectivity index (χ0n) is 18.0. The first kappa shape index (κ1) is 21.2. The quantitative estimate of drug-likeness (QED) is 0.372. The Hall–Kier alpha value is -3.65. The highest BCUT2D eigenvalue weighted by Crippen LogP contribution is 2.39. The lowest BCUT2D eigenvalue weighted by Gasteiger charge is -2.14. The van der Waals surface area contributed by atoms with Crippen LogP contribution < -0.4 is 10.6 Å². The molecule has 0 aliphatic heterocycles. The van der Waals surface area contributed by atoms with E-state index < -0.39 is 12.2 Å². The van der Waals surface area contributed by atoms with Gasteiger partial charge in [-0.25, -0.2) is 19.7 Å². The Morgan fingerprint density at radius 3 is 2.85 bits per heavy atom. The third kappa shape index (κ3) is 5.23. The third-order valence-electron chi connectivity index (χ3n) is 5.52. The number of carbonyl (C=O) groups is 1. The number of nitrogens with one attached hydrogen (secondary N) is 2. The van der Waals surface area contributed by atoms with E-state index in [0.717, 1.165) is 16.9 Å². The second-order valence-corrected chi connectivity index (χ2v) is 8.54. The van der Waals surface area contributed by atoms with Crippen molar-refractivity contribution in [1.82, 2.24) is 19.4 Å². The number of hydrogen-bond donors (Lipinski definition) is 2. The minimum Gasteiger partial charge on any atom is -0.441 e. The number of aromatic nitrogens is 4. The van der Waals surface area contributed by atoms with Gasteiger partial charge in [0.05, 0.1) is 12.2 Å². The number of imidazole rings is 1. The van der Waals surface area contributed by atoms with Crippen LogP contribution in [0.1, 0.15) is 48.6 Å². The summed E-state index contributed by atoms with van der Waals surface area (Å²) in [6.45, 7) is 2.27. The van der Waals surface area contributed by atoms with Crippen LogP contribution in [0, 0.1) is 0 Å². The maximum atomic E-state index is 12.3. The van der Waals surface area contributed by atoms with Gasteiger partial charge >= 0.3 is 6.09 Å². The summed E-state index contributed by atoms with van der Waals surface area (Å²) < 4.78 is 7.49. The summed E-state index contributed by atoms with van der Waals surface area (Å²) in [5.74, 6) is 1.60. The van der Waals surface area contributed by atoms with E-state index in [1.165, 1.54) is 24.7 Å². The fourth-order valence-corrected chi connectivity index (χ4v) is 3.83. The van der Waals surface area contributed by atoms with Crippen LogP contribution in [0.5, 0.6) is 0 Å². The summed E-state index contributed by atoms with van der Waals surface area (Å²) in [6.07, 6.45) is 7.02. The zero-order valence-corrected chi connectivity index (χ0v) is 18.8. The molecule has 3 heterocycles. The molecule has 1 aliphatic carbocycles. The van der Waals surface area contributed by atoms with Crippen molar-refractivity contribution in [2.75, 3.05) is 10.6 Å². The largest absolute Gasteiger partial charge is 0.441 e. The van der Waals surface area contributed by atoms with E-state index in [0.29, 0.717) is 29.1 Å². The number of pyridine rings is 1. The number of carbonyl (C=O) groups excluding carboxylic acids is 1. The SMILES string of the molecule is C[C@@H](OC(=O)Nc1cc(NCc2cn3cc(C4CC4)ccc3n2)ncn1)c1cccc(Cl)c1. The van der Waals surface area contributed by atoms with E-state index >= 15 is 0 Å². The number of anilines is 2. The fraction of sp³-hybridized carbons (Fsp3) is 0.250. The van der Waals surface area contributed by atoms with E-state index in [9.17, 15) is 4.79 Å². The first-order valence-corrected chi connectivity index (χ1v) is 11.2. The highest BCUT2D eigenvalue weighted by molar-refractivity contribution is 6.30. The number of ether oxygens (including phenoxy) is 1. The second-order valence-electron chi connectivity index (χ2n) is 8.10. The highest BCUT2D eigenvalue weighted by Gasteiger charge is 2.23. The van der Waals surface area contributed by atoms with Crippen LogP contribution >= 0.6 is 11.6 Å². The summed E-state index contributed by atoms with van der Waals surface area (Å²) in [5, 5.41) is 6.45. The lowest BCUT2D eigenvalue weighted by molar-refractivity contribution is 0.121. The predicted molar refractivity (Wildman–Crippen MR) is 126 cm³/mol. The van der Waals surface area contributed by atoms with Crippen LogP contribution in [0.15, 0.2) is 61.2 Å². The minimum atomic E-state index is -0.612. The van der Waals surface area contributed by atoms with Crippen LogP contribution in [0.2, 0.25) is 5.02 Å². The number of hydrogen-bond acceptors (Lipinski definition) is 6. The highest BCUT2D eigenvalue weighted by atomic mass is 35.5. The summed E-state index contributed by atoms with van der Waals surface area (Å²) in [5.41, 5.74) is 3.98. The number of amides is 1. The van der Waals surface area contributed by atoms with E-state index in [-0.39, 0.29) is 0 Å². The number of halogens is 1. The Kier molecular flexibility index (Phi) is 5.83. The van der Waals surface area contributed by atoms with Crippen molar-refractivity contribution >= 4 is 35.0 Å². The Morgan fingerprint density at radius 1 is 1.18 bits per heavy atom. The van der Waals surface area contributed by atoms with Gasteiger partial charge in [0.25, 0.3) is 0 Å². The molecule has 0 spiro atoms. The molecule has 1 fully saturated rings. The van der Waals surface area contributed by atoms with Crippen molar-refractivity contribution in [2.45, 2.75) is 38.3 Å². The summed E-state index contributed by atoms with van der Waals surface area (Å²) in [7, 11) is 0. The molecule has 0 saturated heterocycles. The van der Waals surface area contributed by atoms with Crippen molar-refractivity contribution < 1.29 is 9.53 Å². The molecule has 33 heavy (non-hydrogen) atoms. The van der Waals surface area contributed by atoms with Gasteiger partial charge in [-0.2, -0.15) is 0 Å². The Bertz CT molecular complexity index is 1300. The lowest BCUT2D eigenvalue weighted by atomic mass is 10.1. The average Bonchev–Trinajstić information content (AvgIpc) is 3.57. The van der Waals surface area contributed by atoms with Crippen molar-refractivity contribution in [2.24, 2.45) is 0 Å². The predicted octanol–water partition coefficient (Wildman–Crippen LogP) is 5.58. The zero-order chi connectivity index (χ0) is 22.8. The van der Waals surface area contributed by atoms with Crippen LogP contribution in [-0.4, -0.2) is 25.4 Å². The van der Waals surface area contributed by atoms with Gasteiger partial charge in [-0.1, -0.05) is 29.8 Å². The molecule has 9 heteroatoms. The molecular formula is C24H23ClN6O2. The molecule has 4 aromatic rings. The van der Waals surface area contributed by atoms with E-state index in [4.69, 9.17) is 16.3 Å². The maximum absolute atomic E-state index is 12.3. The molecule has 3 aromatic heterocycles. The Labute approximate surface area is 196 Å². The summed E-state index contributed by atoms with van der Waals surface area (Å²) in [4.78, 5) is 25.2. The normalized spacial score (nSPS) is 14.1. The molecule has 1 amide bonds. The molecule has 168 valence electrons. The van der Waals surface area contributed by atoms with Gasteiger partial charge in [-0.3, -0.25) is 5.32 Å². The third-order valence-corrected chi connectivity index (χ3v) is 5.76. The minimum absolute atomic E-state index is 0.333. The first-order valence-electron chi connectivity index (χ1n) is 10.8. The Morgan fingerprint density at radius 2 is 2.03 bits per heavy atom. The second kappa shape index (κ2) is 9.07. The van der Waals surface area contributed by atoms with Crippen molar-refractivity contribution in [1.29, 1.82) is 0 Å². The standard InChI is InChI=1S/C24H23ClN6O2/c1-15(17-3-2-4-19(25)9-17)33-24(32)30-22-10-21(27-14-28-22)26-11-20-13-31-12-18(16-5-6-16)7-8-23(31)29-20/h2-4,7-10,12-16H,5-6,11H2,1H3,(H2,26,27,28,30,32)/t15-/m1/s1. The van der Waals surface area contributed by atoms with Gasteiger partial charge in [0.2, 0.25) is 0 Å². The molecule has 1 aliphatic rings. The molecule has 0 bridgehead atoms.